The number of fused-ring (bicyclic) bond motifs is 4. The van der Waals surface area contributed by atoms with E-state index >= 15 is 0 Å². The summed E-state index contributed by atoms with van der Waals surface area (Å²) in [6.45, 7) is 14.1. The van der Waals surface area contributed by atoms with Crippen LogP contribution in [0.5, 0.6) is 0 Å². The van der Waals surface area contributed by atoms with Crippen LogP contribution in [0.2, 0.25) is 0 Å². The zero-order chi connectivity index (χ0) is 32.6. The summed E-state index contributed by atoms with van der Waals surface area (Å²) in [5.41, 5.74) is -1.57. The van der Waals surface area contributed by atoms with Gasteiger partial charge in [0, 0.05) is 22.2 Å². The van der Waals surface area contributed by atoms with Crippen molar-refractivity contribution in [2.24, 2.45) is 50.2 Å². The van der Waals surface area contributed by atoms with Gasteiger partial charge in [-0.3, -0.25) is 0 Å². The third-order valence-corrected chi connectivity index (χ3v) is 15.8. The lowest BCUT2D eigenvalue weighted by molar-refractivity contribution is -0.334. The van der Waals surface area contributed by atoms with Crippen molar-refractivity contribution in [3.05, 3.63) is 12.2 Å². The molecule has 0 aromatic carbocycles. The predicted molar refractivity (Wildman–Crippen MR) is 166 cm³/mol. The van der Waals surface area contributed by atoms with Crippen LogP contribution in [0.25, 0.3) is 0 Å². The summed E-state index contributed by atoms with van der Waals surface area (Å²) in [6, 6.07) is 0. The van der Waals surface area contributed by atoms with Gasteiger partial charge in [0.2, 0.25) is 0 Å². The van der Waals surface area contributed by atoms with Crippen molar-refractivity contribution < 1.29 is 44.8 Å². The van der Waals surface area contributed by atoms with Gasteiger partial charge in [-0.25, -0.2) is 0 Å². The van der Waals surface area contributed by atoms with Crippen LogP contribution < -0.4 is 0 Å². The van der Waals surface area contributed by atoms with Gasteiger partial charge in [-0.05, 0) is 79.4 Å². The van der Waals surface area contributed by atoms with Gasteiger partial charge in [0.05, 0.1) is 37.6 Å². The smallest absolute Gasteiger partial charge is 0.186 e. The topological polar surface area (TPSA) is 149 Å². The Labute approximate surface area is 268 Å². The maximum absolute atomic E-state index is 12.0. The Hall–Kier alpha value is -0.620. The van der Waals surface area contributed by atoms with E-state index in [1.54, 1.807) is 0 Å². The van der Waals surface area contributed by atoms with Crippen molar-refractivity contribution in [3.8, 4) is 0 Å². The minimum atomic E-state index is -1.51. The zero-order valence-corrected chi connectivity index (χ0v) is 28.1. The Morgan fingerprint density at radius 3 is 2.24 bits per heavy atom. The number of aliphatic hydroxyl groups excluding tert-OH is 6. The highest BCUT2D eigenvalue weighted by molar-refractivity contribution is 5.36. The molecule has 0 aromatic heterocycles. The van der Waals surface area contributed by atoms with Crippen LogP contribution in [0.3, 0.4) is 0 Å². The molecule has 0 radical (unpaired) electrons. The second-order valence-electron chi connectivity index (χ2n) is 18.2. The molecule has 9 nitrogen and oxygen atoms in total. The molecule has 45 heavy (non-hydrogen) atoms. The Kier molecular flexibility index (Phi) is 7.46. The quantitative estimate of drug-likeness (QED) is 0.203. The van der Waals surface area contributed by atoms with Crippen LogP contribution in [-0.4, -0.2) is 99.0 Å². The lowest BCUT2D eigenvalue weighted by atomic mass is 9.32. The molecule has 2 saturated heterocycles. The fraction of sp³-hybridized carbons (Fsp3) is 0.944. The SMILES string of the molecule is CC1(C)CC[C@]23CO[C@@]4(C=C[C@@H]5[C@@]6(C)CC[C@H](O[C@@H]7O[C@H](CO)[C@H](O)[C@H](O)[C@H]7O)[C@@](C)(CO)[C@@H]6CC[C@@]5(C)[C@]4(C)C[C@@H]2O)[C@H]3C1. The van der Waals surface area contributed by atoms with E-state index in [1.165, 1.54) is 0 Å². The van der Waals surface area contributed by atoms with Crippen LogP contribution in [-0.2, 0) is 14.2 Å². The van der Waals surface area contributed by atoms with E-state index in [9.17, 15) is 30.6 Å². The Morgan fingerprint density at radius 1 is 0.822 bits per heavy atom. The van der Waals surface area contributed by atoms with E-state index in [1.807, 2.05) is 0 Å². The van der Waals surface area contributed by atoms with Gasteiger partial charge in [-0.1, -0.05) is 53.7 Å². The van der Waals surface area contributed by atoms with E-state index in [-0.39, 0.29) is 57.5 Å². The fourth-order valence-electron chi connectivity index (χ4n) is 12.9. The molecule has 9 heteroatoms. The fourth-order valence-corrected chi connectivity index (χ4v) is 12.9. The van der Waals surface area contributed by atoms with Gasteiger partial charge >= 0.3 is 0 Å². The number of ether oxygens (including phenoxy) is 3. The van der Waals surface area contributed by atoms with Gasteiger partial charge < -0.3 is 44.8 Å². The summed E-state index contributed by atoms with van der Waals surface area (Å²) in [5.74, 6) is 0.594. The minimum absolute atomic E-state index is 0.102. The molecule has 256 valence electrons. The molecule has 7 rings (SSSR count). The molecule has 0 amide bonds. The zero-order valence-electron chi connectivity index (χ0n) is 28.1. The molecular formula is C36H58O9. The molecule has 4 saturated carbocycles. The molecule has 6 fully saturated rings. The number of allylic oxidation sites excluding steroid dienone is 1. The monoisotopic (exact) mass is 634 g/mol. The summed E-state index contributed by atoms with van der Waals surface area (Å²) >= 11 is 0. The molecule has 5 aliphatic carbocycles. The number of hydrogen-bond donors (Lipinski definition) is 6. The summed E-state index contributed by atoms with van der Waals surface area (Å²) in [4.78, 5) is 0. The second kappa shape index (κ2) is 10.2. The molecule has 0 aromatic rings. The highest BCUT2D eigenvalue weighted by Crippen LogP contribution is 2.79. The van der Waals surface area contributed by atoms with Gasteiger partial charge in [0.1, 0.15) is 24.4 Å². The van der Waals surface area contributed by atoms with Gasteiger partial charge in [0.15, 0.2) is 6.29 Å². The summed E-state index contributed by atoms with van der Waals surface area (Å²) in [5, 5.41) is 64.2. The normalized spacial score (nSPS) is 59.9. The Bertz CT molecular complexity index is 1210. The molecule has 7 aliphatic rings. The van der Waals surface area contributed by atoms with E-state index in [2.05, 4.69) is 53.7 Å². The van der Waals surface area contributed by atoms with Gasteiger partial charge in [-0.2, -0.15) is 0 Å². The first kappa shape index (κ1) is 32.9. The van der Waals surface area contributed by atoms with E-state index in [0.29, 0.717) is 13.0 Å². The summed E-state index contributed by atoms with van der Waals surface area (Å²) in [6.07, 6.45) is 4.55. The van der Waals surface area contributed by atoms with Crippen molar-refractivity contribution in [1.82, 2.24) is 0 Å². The molecule has 2 aliphatic heterocycles. The van der Waals surface area contributed by atoms with Crippen LogP contribution in [0.4, 0.5) is 0 Å². The van der Waals surface area contributed by atoms with Crippen LogP contribution in [0, 0.1) is 50.2 Å². The number of rotatable bonds is 4. The minimum Gasteiger partial charge on any atom is -0.396 e. The molecular weight excluding hydrogens is 576 g/mol. The number of aliphatic hydroxyl groups is 6. The molecule has 2 heterocycles. The van der Waals surface area contributed by atoms with Gasteiger partial charge in [0.25, 0.3) is 0 Å². The Balaban J connectivity index is 1.22. The summed E-state index contributed by atoms with van der Waals surface area (Å²) < 4.78 is 19.2. The first-order chi connectivity index (χ1) is 21.0. The van der Waals surface area contributed by atoms with Crippen LogP contribution >= 0.6 is 0 Å². The average Bonchev–Trinajstić information content (AvgIpc) is 3.26. The maximum atomic E-state index is 12.0. The van der Waals surface area contributed by atoms with E-state index in [4.69, 9.17) is 14.2 Å². The maximum Gasteiger partial charge on any atom is 0.186 e. The Morgan fingerprint density at radius 2 is 1.56 bits per heavy atom. The average molecular weight is 635 g/mol. The molecule has 1 spiro atoms. The van der Waals surface area contributed by atoms with Crippen molar-refractivity contribution in [3.63, 3.8) is 0 Å². The van der Waals surface area contributed by atoms with Crippen LogP contribution in [0.1, 0.15) is 92.9 Å². The molecule has 16 atom stereocenters. The third-order valence-electron chi connectivity index (χ3n) is 15.8. The molecule has 6 N–H and O–H groups in total. The second-order valence-corrected chi connectivity index (χ2v) is 18.2. The lowest BCUT2D eigenvalue weighted by Gasteiger charge is -2.73. The van der Waals surface area contributed by atoms with E-state index in [0.717, 1.165) is 44.9 Å². The predicted octanol–water partition coefficient (Wildman–Crippen LogP) is 2.93. The largest absolute Gasteiger partial charge is 0.396 e. The van der Waals surface area contributed by atoms with Crippen molar-refractivity contribution in [1.29, 1.82) is 0 Å². The molecule has 2 bridgehead atoms. The highest BCUT2D eigenvalue weighted by Gasteiger charge is 2.79. The first-order valence-corrected chi connectivity index (χ1v) is 17.6. The first-order valence-electron chi connectivity index (χ1n) is 17.6. The van der Waals surface area contributed by atoms with Crippen LogP contribution in [0.15, 0.2) is 12.2 Å². The highest BCUT2D eigenvalue weighted by atomic mass is 16.7. The summed E-state index contributed by atoms with van der Waals surface area (Å²) in [7, 11) is 0. The van der Waals surface area contributed by atoms with E-state index < -0.39 is 54.4 Å². The number of hydrogen-bond acceptors (Lipinski definition) is 9. The standard InChI is InChI=1S/C36H58O9/c1-30(2)13-14-35-19-43-36(23(35)15-30)12-8-22-31(3)10-9-25(45-29-28(42)27(41)26(40)20(17-37)44-29)32(4,18-38)21(31)7-11-33(22,5)34(36,6)16-24(35)39/h8,12,20-29,37-42H,7,9-11,13-19H2,1-6H3/t20-,21-,22-,23+,24+,25+,26+,27+,28-,29+,31+,32+,33-,34+,35-,36+/m1/s1. The van der Waals surface area contributed by atoms with Crippen molar-refractivity contribution in [2.75, 3.05) is 19.8 Å². The van der Waals surface area contributed by atoms with Crippen molar-refractivity contribution >= 4 is 0 Å². The lowest BCUT2D eigenvalue weighted by Crippen LogP contribution is -2.72. The van der Waals surface area contributed by atoms with Gasteiger partial charge in [-0.15, -0.1) is 0 Å². The molecule has 0 unspecified atom stereocenters. The third kappa shape index (κ3) is 3.99. The van der Waals surface area contributed by atoms with Crippen molar-refractivity contribution in [2.45, 2.75) is 141 Å².